The number of ether oxygens (including phenoxy) is 1. The van der Waals surface area contributed by atoms with E-state index < -0.39 is 0 Å². The molecule has 1 heterocycles. The summed E-state index contributed by atoms with van der Waals surface area (Å²) in [7, 11) is 0. The van der Waals surface area contributed by atoms with Gasteiger partial charge in [0.15, 0.2) is 0 Å². The van der Waals surface area contributed by atoms with Gasteiger partial charge in [-0.15, -0.1) is 11.6 Å². The van der Waals surface area contributed by atoms with Gasteiger partial charge in [0.1, 0.15) is 5.82 Å². The van der Waals surface area contributed by atoms with Crippen LogP contribution in [0.1, 0.15) is 17.5 Å². The first kappa shape index (κ1) is 11.9. The Labute approximate surface area is 101 Å². The zero-order valence-corrected chi connectivity index (χ0v) is 10.2. The summed E-state index contributed by atoms with van der Waals surface area (Å²) in [6.45, 7) is 3.46. The highest BCUT2D eigenvalue weighted by molar-refractivity contribution is 6.18. The fraction of sp³-hybridized carbons (Fsp3) is 0.538. The maximum Gasteiger partial charge on any atom is 0.123 e. The summed E-state index contributed by atoms with van der Waals surface area (Å²) >= 11 is 6.03. The minimum Gasteiger partial charge on any atom is -0.381 e. The standard InChI is InChI=1S/C13H16ClFO/c1-10-2-3-12(15)6-11(10)7-13(8-14)4-5-16-9-13/h2-3,6H,4-5,7-9H2,1H3. The minimum atomic E-state index is -0.177. The van der Waals surface area contributed by atoms with Gasteiger partial charge in [0.25, 0.3) is 0 Å². The molecule has 88 valence electrons. The predicted octanol–water partition coefficient (Wildman–Crippen LogP) is 3.32. The Bertz CT molecular complexity index is 372. The molecule has 16 heavy (non-hydrogen) atoms. The Balaban J connectivity index is 2.21. The lowest BCUT2D eigenvalue weighted by Gasteiger charge is -2.25. The van der Waals surface area contributed by atoms with Crippen molar-refractivity contribution >= 4 is 11.6 Å². The maximum absolute atomic E-state index is 13.2. The maximum atomic E-state index is 13.2. The van der Waals surface area contributed by atoms with Gasteiger partial charge in [0.05, 0.1) is 6.61 Å². The third-order valence-electron chi connectivity index (χ3n) is 3.35. The van der Waals surface area contributed by atoms with Crippen molar-refractivity contribution in [1.82, 2.24) is 0 Å². The molecule has 0 radical (unpaired) electrons. The molecule has 0 amide bonds. The highest BCUT2D eigenvalue weighted by Gasteiger charge is 2.34. The summed E-state index contributed by atoms with van der Waals surface area (Å²) in [5.41, 5.74) is 2.17. The van der Waals surface area contributed by atoms with Gasteiger partial charge < -0.3 is 4.74 Å². The molecule has 0 spiro atoms. The van der Waals surface area contributed by atoms with Gasteiger partial charge >= 0.3 is 0 Å². The van der Waals surface area contributed by atoms with E-state index in [9.17, 15) is 4.39 Å². The lowest BCUT2D eigenvalue weighted by molar-refractivity contribution is 0.161. The van der Waals surface area contributed by atoms with E-state index in [1.165, 1.54) is 6.07 Å². The topological polar surface area (TPSA) is 9.23 Å². The van der Waals surface area contributed by atoms with Gasteiger partial charge in [0.2, 0.25) is 0 Å². The molecule has 1 saturated heterocycles. The first-order chi connectivity index (χ1) is 7.65. The summed E-state index contributed by atoms with van der Waals surface area (Å²) in [6.07, 6.45) is 1.77. The minimum absolute atomic E-state index is 0.000108. The molecule has 1 aromatic carbocycles. The smallest absolute Gasteiger partial charge is 0.123 e. The highest BCUT2D eigenvalue weighted by atomic mass is 35.5. The van der Waals surface area contributed by atoms with E-state index in [0.717, 1.165) is 30.6 Å². The van der Waals surface area contributed by atoms with Crippen LogP contribution in [0.15, 0.2) is 18.2 Å². The Kier molecular flexibility index (Phi) is 3.50. The second-order valence-corrected chi connectivity index (χ2v) is 4.95. The van der Waals surface area contributed by atoms with Crippen LogP contribution in [0.3, 0.4) is 0 Å². The van der Waals surface area contributed by atoms with Crippen LogP contribution >= 0.6 is 11.6 Å². The van der Waals surface area contributed by atoms with E-state index in [2.05, 4.69) is 0 Å². The Morgan fingerprint density at radius 2 is 2.31 bits per heavy atom. The quantitative estimate of drug-likeness (QED) is 0.739. The number of aryl methyl sites for hydroxylation is 1. The van der Waals surface area contributed by atoms with Gasteiger partial charge in [0, 0.05) is 17.9 Å². The summed E-state index contributed by atoms with van der Waals surface area (Å²) in [5, 5.41) is 0. The number of alkyl halides is 1. The van der Waals surface area contributed by atoms with Gasteiger partial charge in [-0.25, -0.2) is 4.39 Å². The van der Waals surface area contributed by atoms with Gasteiger partial charge in [-0.05, 0) is 43.0 Å². The molecule has 3 heteroatoms. The van der Waals surface area contributed by atoms with Crippen molar-refractivity contribution < 1.29 is 9.13 Å². The van der Waals surface area contributed by atoms with Crippen molar-refractivity contribution in [2.45, 2.75) is 19.8 Å². The second-order valence-electron chi connectivity index (χ2n) is 4.68. The molecule has 0 aromatic heterocycles. The van der Waals surface area contributed by atoms with Crippen molar-refractivity contribution in [2.75, 3.05) is 19.1 Å². The van der Waals surface area contributed by atoms with E-state index >= 15 is 0 Å². The molecular weight excluding hydrogens is 227 g/mol. The molecule has 0 aliphatic carbocycles. The Morgan fingerprint density at radius 1 is 1.50 bits per heavy atom. The van der Waals surface area contributed by atoms with E-state index in [4.69, 9.17) is 16.3 Å². The normalized spacial score (nSPS) is 24.9. The number of rotatable bonds is 3. The predicted molar refractivity (Wildman–Crippen MR) is 63.4 cm³/mol. The average Bonchev–Trinajstić information content (AvgIpc) is 2.73. The summed E-state index contributed by atoms with van der Waals surface area (Å²) in [6, 6.07) is 4.93. The summed E-state index contributed by atoms with van der Waals surface area (Å²) in [4.78, 5) is 0. The number of hydrogen-bond donors (Lipinski definition) is 0. The van der Waals surface area contributed by atoms with E-state index in [1.807, 2.05) is 13.0 Å². The molecule has 1 aliphatic heterocycles. The molecular formula is C13H16ClFO. The molecule has 1 unspecified atom stereocenters. The van der Waals surface area contributed by atoms with Crippen LogP contribution in [0.2, 0.25) is 0 Å². The summed E-state index contributed by atoms with van der Waals surface area (Å²) < 4.78 is 18.6. The first-order valence-corrected chi connectivity index (χ1v) is 6.07. The van der Waals surface area contributed by atoms with Crippen molar-refractivity contribution in [3.63, 3.8) is 0 Å². The van der Waals surface area contributed by atoms with Crippen LogP contribution in [0.4, 0.5) is 4.39 Å². The van der Waals surface area contributed by atoms with E-state index in [-0.39, 0.29) is 11.2 Å². The van der Waals surface area contributed by atoms with Crippen LogP contribution in [-0.4, -0.2) is 19.1 Å². The monoisotopic (exact) mass is 242 g/mol. The van der Waals surface area contributed by atoms with Crippen molar-refractivity contribution in [3.05, 3.63) is 35.1 Å². The largest absolute Gasteiger partial charge is 0.381 e. The van der Waals surface area contributed by atoms with E-state index in [0.29, 0.717) is 12.5 Å². The third kappa shape index (κ3) is 2.38. The van der Waals surface area contributed by atoms with Crippen LogP contribution in [0.25, 0.3) is 0 Å². The molecule has 0 bridgehead atoms. The highest BCUT2D eigenvalue weighted by Crippen LogP contribution is 2.34. The van der Waals surface area contributed by atoms with Crippen LogP contribution in [-0.2, 0) is 11.2 Å². The fourth-order valence-corrected chi connectivity index (χ4v) is 2.48. The third-order valence-corrected chi connectivity index (χ3v) is 3.91. The van der Waals surface area contributed by atoms with Gasteiger partial charge in [-0.3, -0.25) is 0 Å². The summed E-state index contributed by atoms with van der Waals surface area (Å²) in [5.74, 6) is 0.396. The van der Waals surface area contributed by atoms with Crippen LogP contribution in [0.5, 0.6) is 0 Å². The lowest BCUT2D eigenvalue weighted by Crippen LogP contribution is -2.26. The Hall–Kier alpha value is -0.600. The molecule has 1 aromatic rings. The van der Waals surface area contributed by atoms with Crippen molar-refractivity contribution in [1.29, 1.82) is 0 Å². The second kappa shape index (κ2) is 4.72. The molecule has 1 aliphatic rings. The Morgan fingerprint density at radius 3 is 2.94 bits per heavy atom. The molecule has 1 nitrogen and oxygen atoms in total. The van der Waals surface area contributed by atoms with Crippen LogP contribution < -0.4 is 0 Å². The lowest BCUT2D eigenvalue weighted by atomic mass is 9.82. The molecule has 0 saturated carbocycles. The molecule has 2 rings (SSSR count). The van der Waals surface area contributed by atoms with Crippen molar-refractivity contribution in [2.24, 2.45) is 5.41 Å². The average molecular weight is 243 g/mol. The number of hydrogen-bond acceptors (Lipinski definition) is 1. The molecule has 1 fully saturated rings. The number of halogens is 2. The fourth-order valence-electron chi connectivity index (χ4n) is 2.18. The van der Waals surface area contributed by atoms with E-state index in [1.54, 1.807) is 6.07 Å². The van der Waals surface area contributed by atoms with Crippen molar-refractivity contribution in [3.8, 4) is 0 Å². The molecule has 1 atom stereocenters. The number of benzene rings is 1. The van der Waals surface area contributed by atoms with Gasteiger partial charge in [-0.1, -0.05) is 6.07 Å². The first-order valence-electron chi connectivity index (χ1n) is 5.54. The van der Waals surface area contributed by atoms with Crippen LogP contribution in [0, 0.1) is 18.2 Å². The van der Waals surface area contributed by atoms with Gasteiger partial charge in [-0.2, -0.15) is 0 Å². The molecule has 0 N–H and O–H groups in total. The SMILES string of the molecule is Cc1ccc(F)cc1CC1(CCl)CCOC1. The zero-order chi connectivity index (χ0) is 11.6. The zero-order valence-electron chi connectivity index (χ0n) is 9.43.